The van der Waals surface area contributed by atoms with Crippen molar-refractivity contribution in [1.82, 2.24) is 15.5 Å². The van der Waals surface area contributed by atoms with Crippen LogP contribution in [0.2, 0.25) is 0 Å². The van der Waals surface area contributed by atoms with Crippen LogP contribution < -0.4 is 10.2 Å². The molecule has 2 saturated heterocycles. The molecule has 3 rings (SSSR count). The third-order valence-electron chi connectivity index (χ3n) is 5.00. The van der Waals surface area contributed by atoms with Gasteiger partial charge in [0.25, 0.3) is 5.95 Å². The number of hydrogen-bond acceptors (Lipinski definition) is 5. The fourth-order valence-electron chi connectivity index (χ4n) is 3.45. The average molecular weight is 278 g/mol. The highest BCUT2D eigenvalue weighted by molar-refractivity contribution is 5.29. The number of rotatable bonds is 3. The zero-order valence-electron chi connectivity index (χ0n) is 12.5. The standard InChI is InChI=1S/C15H26N4O/c1-2-15(7-9-16-10-8-15)13-17-14(18-20-13)19-11-5-3-4-6-12-19/h16H,2-12H2,1H3. The van der Waals surface area contributed by atoms with Crippen LogP contribution in [0.25, 0.3) is 0 Å². The van der Waals surface area contributed by atoms with Crippen molar-refractivity contribution in [3.05, 3.63) is 5.89 Å². The second kappa shape index (κ2) is 6.12. The molecule has 2 aliphatic rings. The van der Waals surface area contributed by atoms with E-state index in [0.717, 1.165) is 57.3 Å². The number of nitrogens with one attached hydrogen (secondary N) is 1. The summed E-state index contributed by atoms with van der Waals surface area (Å²) in [5, 5.41) is 7.69. The Hall–Kier alpha value is -1.10. The Morgan fingerprint density at radius 1 is 1.15 bits per heavy atom. The molecule has 0 aliphatic carbocycles. The van der Waals surface area contributed by atoms with E-state index >= 15 is 0 Å². The van der Waals surface area contributed by atoms with Gasteiger partial charge in [-0.1, -0.05) is 19.8 Å². The highest BCUT2D eigenvalue weighted by Crippen LogP contribution is 2.36. The molecule has 0 saturated carbocycles. The summed E-state index contributed by atoms with van der Waals surface area (Å²) in [7, 11) is 0. The van der Waals surface area contributed by atoms with Crippen LogP contribution in [-0.4, -0.2) is 36.3 Å². The van der Waals surface area contributed by atoms with Gasteiger partial charge in [0.2, 0.25) is 5.89 Å². The van der Waals surface area contributed by atoms with Gasteiger partial charge in [0.1, 0.15) is 0 Å². The van der Waals surface area contributed by atoms with Crippen molar-refractivity contribution in [3.63, 3.8) is 0 Å². The maximum absolute atomic E-state index is 5.66. The monoisotopic (exact) mass is 278 g/mol. The molecule has 0 radical (unpaired) electrons. The molecule has 1 aromatic rings. The second-order valence-electron chi connectivity index (χ2n) is 6.18. The minimum absolute atomic E-state index is 0.0996. The van der Waals surface area contributed by atoms with Gasteiger partial charge in [-0.3, -0.25) is 0 Å². The van der Waals surface area contributed by atoms with Gasteiger partial charge >= 0.3 is 0 Å². The third-order valence-corrected chi connectivity index (χ3v) is 5.00. The molecule has 0 spiro atoms. The molecule has 0 unspecified atom stereocenters. The molecule has 0 aromatic carbocycles. The van der Waals surface area contributed by atoms with E-state index in [0.29, 0.717) is 0 Å². The first kappa shape index (κ1) is 13.9. The van der Waals surface area contributed by atoms with Gasteiger partial charge in [-0.05, 0) is 50.4 Å². The summed E-state index contributed by atoms with van der Waals surface area (Å²) >= 11 is 0. The van der Waals surface area contributed by atoms with Crippen LogP contribution in [0.5, 0.6) is 0 Å². The van der Waals surface area contributed by atoms with E-state index in [9.17, 15) is 0 Å². The van der Waals surface area contributed by atoms with Crippen LogP contribution in [0.1, 0.15) is 57.8 Å². The normalized spacial score (nSPS) is 23.6. The Balaban J connectivity index is 1.77. The van der Waals surface area contributed by atoms with Crippen LogP contribution in [-0.2, 0) is 5.41 Å². The van der Waals surface area contributed by atoms with E-state index in [4.69, 9.17) is 9.51 Å². The largest absolute Gasteiger partial charge is 0.338 e. The van der Waals surface area contributed by atoms with Crippen molar-refractivity contribution >= 4 is 5.95 Å². The summed E-state index contributed by atoms with van der Waals surface area (Å²) in [6.07, 6.45) is 8.42. The van der Waals surface area contributed by atoms with Crippen molar-refractivity contribution in [2.75, 3.05) is 31.1 Å². The van der Waals surface area contributed by atoms with Gasteiger partial charge in [0.05, 0.1) is 5.41 Å². The lowest BCUT2D eigenvalue weighted by Gasteiger charge is -2.33. The number of aromatic nitrogens is 2. The van der Waals surface area contributed by atoms with Crippen molar-refractivity contribution in [2.24, 2.45) is 0 Å². The van der Waals surface area contributed by atoms with Gasteiger partial charge < -0.3 is 14.7 Å². The molecule has 5 nitrogen and oxygen atoms in total. The van der Waals surface area contributed by atoms with Crippen molar-refractivity contribution in [2.45, 2.75) is 57.3 Å². The number of nitrogens with zero attached hydrogens (tertiary/aromatic N) is 3. The smallest absolute Gasteiger partial charge is 0.266 e. The molecule has 112 valence electrons. The molecule has 1 aromatic heterocycles. The molecular weight excluding hydrogens is 252 g/mol. The summed E-state index contributed by atoms with van der Waals surface area (Å²) < 4.78 is 5.66. The van der Waals surface area contributed by atoms with E-state index in [2.05, 4.69) is 22.3 Å². The Morgan fingerprint density at radius 2 is 1.85 bits per heavy atom. The summed E-state index contributed by atoms with van der Waals surface area (Å²) in [4.78, 5) is 7.06. The molecular formula is C15H26N4O. The van der Waals surface area contributed by atoms with E-state index in [-0.39, 0.29) is 5.41 Å². The highest BCUT2D eigenvalue weighted by atomic mass is 16.5. The Bertz CT molecular complexity index is 417. The zero-order chi connectivity index (χ0) is 13.8. The minimum Gasteiger partial charge on any atom is -0.338 e. The van der Waals surface area contributed by atoms with Crippen molar-refractivity contribution in [1.29, 1.82) is 0 Å². The van der Waals surface area contributed by atoms with E-state index in [1.165, 1.54) is 25.7 Å². The Kier molecular flexibility index (Phi) is 4.24. The first-order valence-corrected chi connectivity index (χ1v) is 8.14. The van der Waals surface area contributed by atoms with E-state index < -0.39 is 0 Å². The maximum Gasteiger partial charge on any atom is 0.266 e. The molecule has 3 heterocycles. The maximum atomic E-state index is 5.66. The molecule has 20 heavy (non-hydrogen) atoms. The summed E-state index contributed by atoms with van der Waals surface area (Å²) in [6.45, 7) is 6.48. The third kappa shape index (κ3) is 2.68. The molecule has 2 aliphatic heterocycles. The summed E-state index contributed by atoms with van der Waals surface area (Å²) in [5.74, 6) is 1.68. The Labute approximate surface area is 121 Å². The fraction of sp³-hybridized carbons (Fsp3) is 0.867. The number of anilines is 1. The van der Waals surface area contributed by atoms with Crippen molar-refractivity contribution in [3.8, 4) is 0 Å². The summed E-state index contributed by atoms with van der Waals surface area (Å²) in [6, 6.07) is 0. The van der Waals surface area contributed by atoms with Crippen LogP contribution >= 0.6 is 0 Å². The number of hydrogen-bond donors (Lipinski definition) is 1. The van der Waals surface area contributed by atoms with Gasteiger partial charge in [-0.25, -0.2) is 0 Å². The lowest BCUT2D eigenvalue weighted by atomic mass is 9.76. The highest BCUT2D eigenvalue weighted by Gasteiger charge is 2.38. The molecule has 5 heteroatoms. The molecule has 0 amide bonds. The van der Waals surface area contributed by atoms with E-state index in [1.807, 2.05) is 0 Å². The van der Waals surface area contributed by atoms with Crippen LogP contribution in [0.4, 0.5) is 5.95 Å². The van der Waals surface area contributed by atoms with Gasteiger partial charge in [0, 0.05) is 13.1 Å². The lowest BCUT2D eigenvalue weighted by Crippen LogP contribution is -2.39. The molecule has 0 bridgehead atoms. The predicted octanol–water partition coefficient (Wildman–Crippen LogP) is 2.48. The van der Waals surface area contributed by atoms with Gasteiger partial charge in [-0.15, -0.1) is 0 Å². The average Bonchev–Trinajstić information content (AvgIpc) is 2.85. The number of piperidine rings is 1. The lowest BCUT2D eigenvalue weighted by molar-refractivity contribution is 0.216. The second-order valence-corrected chi connectivity index (χ2v) is 6.18. The van der Waals surface area contributed by atoms with Crippen LogP contribution in [0.15, 0.2) is 4.52 Å². The topological polar surface area (TPSA) is 54.2 Å². The first-order chi connectivity index (χ1) is 9.84. The van der Waals surface area contributed by atoms with E-state index in [1.54, 1.807) is 0 Å². The summed E-state index contributed by atoms with van der Waals surface area (Å²) in [5.41, 5.74) is 0.0996. The predicted molar refractivity (Wildman–Crippen MR) is 79.1 cm³/mol. The van der Waals surface area contributed by atoms with Crippen molar-refractivity contribution < 1.29 is 4.52 Å². The quantitative estimate of drug-likeness (QED) is 0.920. The SMILES string of the molecule is CCC1(c2nc(N3CCCCCC3)no2)CCNCC1. The van der Waals surface area contributed by atoms with Gasteiger partial charge in [0.15, 0.2) is 0 Å². The van der Waals surface area contributed by atoms with Gasteiger partial charge in [-0.2, -0.15) is 4.98 Å². The molecule has 2 fully saturated rings. The molecule has 0 atom stereocenters. The molecule has 1 N–H and O–H groups in total. The van der Waals surface area contributed by atoms with Crippen LogP contribution in [0.3, 0.4) is 0 Å². The fourth-order valence-corrected chi connectivity index (χ4v) is 3.45. The first-order valence-electron chi connectivity index (χ1n) is 8.14. The zero-order valence-corrected chi connectivity index (χ0v) is 12.5. The Morgan fingerprint density at radius 3 is 2.50 bits per heavy atom. The minimum atomic E-state index is 0.0996. The van der Waals surface area contributed by atoms with Crippen LogP contribution in [0, 0.1) is 0 Å².